The van der Waals surface area contributed by atoms with Crippen molar-refractivity contribution in [2.45, 2.75) is 38.3 Å². The van der Waals surface area contributed by atoms with Crippen LogP contribution in [0.1, 0.15) is 36.5 Å². The van der Waals surface area contributed by atoms with Gasteiger partial charge in [0.05, 0.1) is 18.2 Å². The van der Waals surface area contributed by atoms with E-state index in [0.717, 1.165) is 17.6 Å². The number of nitrogens with one attached hydrogen (secondary N) is 1. The third-order valence-electron chi connectivity index (χ3n) is 5.22. The van der Waals surface area contributed by atoms with Crippen LogP contribution < -0.4 is 9.80 Å². The Hall–Kier alpha value is -1.39. The summed E-state index contributed by atoms with van der Waals surface area (Å²) in [6.45, 7) is 5.70. The molecule has 4 nitrogen and oxygen atoms in total. The van der Waals surface area contributed by atoms with Gasteiger partial charge in [0.15, 0.2) is 0 Å². The van der Waals surface area contributed by atoms with Crippen LogP contribution in [0.4, 0.5) is 5.69 Å². The van der Waals surface area contributed by atoms with Gasteiger partial charge in [0, 0.05) is 32.4 Å². The van der Waals surface area contributed by atoms with Gasteiger partial charge in [-0.3, -0.25) is 4.48 Å². The molecular weight excluding hydrogens is 252 g/mol. The molecule has 4 heteroatoms. The maximum Gasteiger partial charge on any atom is 0.335 e. The summed E-state index contributed by atoms with van der Waals surface area (Å²) in [6.07, 6.45) is 3.74. The zero-order valence-electron chi connectivity index (χ0n) is 12.0. The molecule has 3 rings (SSSR count). The number of likely N-dealkylation sites (tertiary alicyclic amines) is 1. The molecule has 0 saturated carbocycles. The highest BCUT2D eigenvalue weighted by Crippen LogP contribution is 2.39. The number of carboxylic acids is 1. The average Bonchev–Trinajstić information content (AvgIpc) is 3.08. The summed E-state index contributed by atoms with van der Waals surface area (Å²) in [5.41, 5.74) is 1.66. The molecule has 0 amide bonds. The van der Waals surface area contributed by atoms with Crippen molar-refractivity contribution in [3.05, 3.63) is 29.8 Å². The fraction of sp³-hybridized carbons (Fsp3) is 0.562. The van der Waals surface area contributed by atoms with E-state index < -0.39 is 5.97 Å². The largest absolute Gasteiger partial charge is 0.478 e. The molecule has 1 aromatic rings. The molecule has 2 N–H and O–H groups in total. The van der Waals surface area contributed by atoms with Gasteiger partial charge in [-0.15, -0.1) is 0 Å². The number of hydrogen-bond acceptors (Lipinski definition) is 2. The fourth-order valence-electron chi connectivity index (χ4n) is 4.15. The average molecular weight is 275 g/mol. The molecule has 2 fully saturated rings. The first-order valence-electron chi connectivity index (χ1n) is 7.56. The monoisotopic (exact) mass is 275 g/mol. The number of benzene rings is 1. The molecule has 0 aliphatic carbocycles. The first-order valence-corrected chi connectivity index (χ1v) is 7.56. The van der Waals surface area contributed by atoms with Crippen molar-refractivity contribution in [1.82, 2.24) is 9.80 Å². The van der Waals surface area contributed by atoms with Crippen LogP contribution in [0.25, 0.3) is 0 Å². The summed E-state index contributed by atoms with van der Waals surface area (Å²) in [4.78, 5) is 11.0. The first kappa shape index (κ1) is 13.6. The highest BCUT2D eigenvalue weighted by atomic mass is 16.4. The molecule has 1 aromatic carbocycles. The molecule has 0 radical (unpaired) electrons. The summed E-state index contributed by atoms with van der Waals surface area (Å²) in [5.74, 6) is -0.847. The number of quaternary nitrogens is 1. The summed E-state index contributed by atoms with van der Waals surface area (Å²) < 4.78 is 1.03. The Kier molecular flexibility index (Phi) is 3.52. The lowest BCUT2D eigenvalue weighted by atomic mass is 10.0. The Morgan fingerprint density at radius 2 is 2.05 bits per heavy atom. The van der Waals surface area contributed by atoms with Crippen molar-refractivity contribution in [2.24, 2.45) is 0 Å². The number of carbonyl (C=O) groups is 1. The van der Waals surface area contributed by atoms with Crippen LogP contribution in [0.2, 0.25) is 0 Å². The molecule has 3 atom stereocenters. The van der Waals surface area contributed by atoms with Crippen molar-refractivity contribution in [3.8, 4) is 0 Å². The molecule has 1 unspecified atom stereocenters. The summed E-state index contributed by atoms with van der Waals surface area (Å²) in [6, 6.07) is 8.82. The van der Waals surface area contributed by atoms with Crippen LogP contribution >= 0.6 is 0 Å². The van der Waals surface area contributed by atoms with Crippen LogP contribution in [0.3, 0.4) is 0 Å². The smallest absolute Gasteiger partial charge is 0.335 e. The van der Waals surface area contributed by atoms with Crippen LogP contribution in [0.5, 0.6) is 0 Å². The zero-order chi connectivity index (χ0) is 14.2. The standard InChI is InChI=1S/C16H22N2O2/c1-12-3-2-10-18(12,15-8-9-17-11-15)14-6-4-13(5-7-14)16(19)20/h4-7,12,15,17H,2-3,8-11H2,1H3/p+1/t12-,15-,18?/m0/s1. The highest BCUT2D eigenvalue weighted by Gasteiger charge is 2.47. The van der Waals surface area contributed by atoms with Gasteiger partial charge in [0.1, 0.15) is 11.7 Å². The lowest BCUT2D eigenvalue weighted by molar-refractivity contribution is 0.0697. The molecule has 2 saturated heterocycles. The van der Waals surface area contributed by atoms with Crippen LogP contribution in [-0.4, -0.2) is 42.8 Å². The molecule has 108 valence electrons. The fourth-order valence-corrected chi connectivity index (χ4v) is 4.15. The molecule has 2 aliphatic rings. The van der Waals surface area contributed by atoms with E-state index in [2.05, 4.69) is 12.2 Å². The van der Waals surface area contributed by atoms with Gasteiger partial charge in [0.2, 0.25) is 0 Å². The van der Waals surface area contributed by atoms with Gasteiger partial charge in [-0.2, -0.15) is 0 Å². The van der Waals surface area contributed by atoms with Gasteiger partial charge in [-0.1, -0.05) is 0 Å². The minimum atomic E-state index is -0.847. The van der Waals surface area contributed by atoms with Gasteiger partial charge in [-0.25, -0.2) is 4.79 Å². The first-order chi connectivity index (χ1) is 9.64. The maximum absolute atomic E-state index is 11.0. The Bertz CT molecular complexity index is 494. The Balaban J connectivity index is 1.99. The van der Waals surface area contributed by atoms with Crippen molar-refractivity contribution in [3.63, 3.8) is 0 Å². The molecule has 0 spiro atoms. The number of rotatable bonds is 3. The molecule has 0 aromatic heterocycles. The summed E-state index contributed by atoms with van der Waals surface area (Å²) >= 11 is 0. The molecule has 2 aliphatic heterocycles. The quantitative estimate of drug-likeness (QED) is 0.832. The second-order valence-electron chi connectivity index (χ2n) is 6.14. The summed E-state index contributed by atoms with van der Waals surface area (Å²) in [5, 5.41) is 12.5. The Morgan fingerprint density at radius 1 is 1.30 bits per heavy atom. The van der Waals surface area contributed by atoms with Crippen molar-refractivity contribution in [1.29, 1.82) is 0 Å². The zero-order valence-corrected chi connectivity index (χ0v) is 12.0. The van der Waals surface area contributed by atoms with Crippen molar-refractivity contribution >= 4 is 11.7 Å². The Morgan fingerprint density at radius 3 is 2.55 bits per heavy atom. The lowest BCUT2D eigenvalue weighted by Crippen LogP contribution is -2.59. The van der Waals surface area contributed by atoms with E-state index in [0.29, 0.717) is 17.6 Å². The van der Waals surface area contributed by atoms with Crippen LogP contribution in [-0.2, 0) is 0 Å². The SMILES string of the molecule is C[C@H]1CCC[N+]1(c1ccc(C(=O)O)cc1)[C@H]1CCNC1. The second-order valence-corrected chi connectivity index (χ2v) is 6.14. The van der Waals surface area contributed by atoms with Gasteiger partial charge in [0.25, 0.3) is 0 Å². The third-order valence-corrected chi connectivity index (χ3v) is 5.22. The highest BCUT2D eigenvalue weighted by molar-refractivity contribution is 5.88. The van der Waals surface area contributed by atoms with Crippen molar-refractivity contribution < 1.29 is 9.90 Å². The predicted molar refractivity (Wildman–Crippen MR) is 80.0 cm³/mol. The van der Waals surface area contributed by atoms with E-state index in [1.807, 2.05) is 12.1 Å². The van der Waals surface area contributed by atoms with Gasteiger partial charge >= 0.3 is 5.97 Å². The minimum Gasteiger partial charge on any atom is -0.478 e. The van der Waals surface area contributed by atoms with E-state index in [-0.39, 0.29) is 0 Å². The molecule has 2 heterocycles. The molecule has 0 bridgehead atoms. The maximum atomic E-state index is 11.0. The second kappa shape index (κ2) is 5.19. The topological polar surface area (TPSA) is 49.3 Å². The van der Waals surface area contributed by atoms with E-state index >= 15 is 0 Å². The van der Waals surface area contributed by atoms with E-state index in [9.17, 15) is 4.79 Å². The van der Waals surface area contributed by atoms with Crippen molar-refractivity contribution in [2.75, 3.05) is 19.6 Å². The normalized spacial score (nSPS) is 33.5. The third kappa shape index (κ3) is 2.03. The van der Waals surface area contributed by atoms with E-state index in [1.54, 1.807) is 12.1 Å². The molecule has 20 heavy (non-hydrogen) atoms. The number of nitrogens with zero attached hydrogens (tertiary/aromatic N) is 1. The summed E-state index contributed by atoms with van der Waals surface area (Å²) in [7, 11) is 0. The number of carboxylic acid groups (broad SMARTS) is 1. The van der Waals surface area contributed by atoms with Crippen LogP contribution in [0, 0.1) is 0 Å². The predicted octanol–water partition coefficient (Wildman–Crippen LogP) is 2.24. The Labute approximate surface area is 120 Å². The van der Waals surface area contributed by atoms with Crippen LogP contribution in [0.15, 0.2) is 24.3 Å². The lowest BCUT2D eigenvalue weighted by Gasteiger charge is -2.43. The van der Waals surface area contributed by atoms with Gasteiger partial charge < -0.3 is 10.4 Å². The van der Waals surface area contributed by atoms with Gasteiger partial charge in [-0.05, 0) is 31.2 Å². The van der Waals surface area contributed by atoms with E-state index in [4.69, 9.17) is 5.11 Å². The van der Waals surface area contributed by atoms with E-state index in [1.165, 1.54) is 31.5 Å². The number of hydrogen-bond donors (Lipinski definition) is 2. The minimum absolute atomic E-state index is 0.378. The number of aromatic carboxylic acids is 1. The molecular formula is C16H23N2O2+.